The zero-order valence-electron chi connectivity index (χ0n) is 27.6. The molecule has 1 amide bonds. The van der Waals surface area contributed by atoms with Gasteiger partial charge in [-0.1, -0.05) is 48.2 Å². The summed E-state index contributed by atoms with van der Waals surface area (Å²) in [4.78, 5) is 16.4. The minimum absolute atomic E-state index is 0.0506. The van der Waals surface area contributed by atoms with Gasteiger partial charge in [-0.25, -0.2) is 4.98 Å². The molecule has 0 aliphatic rings. The second-order valence-corrected chi connectivity index (χ2v) is 6.89. The lowest BCUT2D eigenvalue weighted by Gasteiger charge is -2.11. The normalized spacial score (nSPS) is 18.8. The molecule has 0 fully saturated rings. The molecule has 0 saturated carbocycles. The fraction of sp³-hybridized carbons (Fsp3) is 0.304. The maximum atomic E-state index is 12.4. The molecule has 0 bridgehead atoms. The van der Waals surface area contributed by atoms with Crippen LogP contribution in [-0.2, 0) is 17.6 Å². The molecule has 29 heavy (non-hydrogen) atoms. The van der Waals surface area contributed by atoms with Gasteiger partial charge in [-0.15, -0.1) is 11.3 Å². The highest BCUT2D eigenvalue weighted by molar-refractivity contribution is 7.13. The van der Waals surface area contributed by atoms with Crippen LogP contribution in [0.3, 0.4) is 0 Å². The van der Waals surface area contributed by atoms with Crippen molar-refractivity contribution in [2.24, 2.45) is 0 Å². The van der Waals surface area contributed by atoms with Crippen molar-refractivity contribution >= 4 is 28.1 Å². The highest BCUT2D eigenvalue weighted by Crippen LogP contribution is 2.21. The van der Waals surface area contributed by atoms with Crippen molar-refractivity contribution in [1.29, 1.82) is 0 Å². The fourth-order valence-corrected chi connectivity index (χ4v) is 2.86. The largest absolute Gasteiger partial charge is 0.388 e. The van der Waals surface area contributed by atoms with Gasteiger partial charge in [-0.2, -0.15) is 0 Å². The van der Waals surface area contributed by atoms with Crippen molar-refractivity contribution in [3.63, 3.8) is 0 Å². The Hall–Kier alpha value is -2.70. The number of carbonyl (C=O) groups is 1. The molecule has 4 N–H and O–H groups in total. The number of nitrogens with two attached hydrogens (primary N) is 1. The Morgan fingerprint density at radius 2 is 2.14 bits per heavy atom. The number of rotatable bonds is 9. The van der Waals surface area contributed by atoms with Gasteiger partial charge in [0.25, 0.3) is 0 Å². The molecule has 0 aliphatic carbocycles. The monoisotopic (exact) mass is 421 g/mol. The number of benzene rings is 2. The van der Waals surface area contributed by atoms with E-state index in [1.165, 1.54) is 6.92 Å². The summed E-state index contributed by atoms with van der Waals surface area (Å²) in [6, 6.07) is -4.84. The maximum Gasteiger partial charge on any atom is 0.230 e. The molecule has 3 rings (SSSR count). The number of nitrogens with zero attached hydrogens (tertiary/aromatic N) is 1. The zero-order chi connectivity index (χ0) is 31.2. The number of anilines is 2. The first-order valence-corrected chi connectivity index (χ1v) is 9.51. The van der Waals surface area contributed by atoms with Gasteiger partial charge >= 0.3 is 0 Å². The summed E-state index contributed by atoms with van der Waals surface area (Å²) < 4.78 is 98.6. The molecule has 0 spiro atoms. The van der Waals surface area contributed by atoms with E-state index in [0.29, 0.717) is 5.69 Å². The Labute approximate surface area is 192 Å². The number of thiazole rings is 1. The van der Waals surface area contributed by atoms with E-state index in [-0.39, 0.29) is 22.7 Å². The first-order valence-electron chi connectivity index (χ1n) is 14.6. The molecule has 152 valence electrons. The van der Waals surface area contributed by atoms with Crippen molar-refractivity contribution in [3.05, 3.63) is 76.1 Å². The fourth-order valence-electron chi connectivity index (χ4n) is 2.29. The average Bonchev–Trinajstić information content (AvgIpc) is 3.29. The second-order valence-electron chi connectivity index (χ2n) is 6.00. The van der Waals surface area contributed by atoms with Gasteiger partial charge in [0.1, 0.15) is 0 Å². The van der Waals surface area contributed by atoms with Gasteiger partial charge in [0.05, 0.1) is 29.2 Å². The van der Waals surface area contributed by atoms with Gasteiger partial charge in [0.15, 0.2) is 5.13 Å². The lowest BCUT2D eigenvalue weighted by atomic mass is 10.00. The van der Waals surface area contributed by atoms with Crippen molar-refractivity contribution in [2.75, 3.05) is 11.1 Å². The highest BCUT2D eigenvalue weighted by atomic mass is 32.1. The summed E-state index contributed by atoms with van der Waals surface area (Å²) >= 11 is 1.12. The zero-order valence-corrected chi connectivity index (χ0v) is 16.4. The van der Waals surface area contributed by atoms with Gasteiger partial charge in [-0.05, 0) is 49.3 Å². The minimum atomic E-state index is -2.80. The first kappa shape index (κ1) is 10.4. The Morgan fingerprint density at radius 3 is 2.86 bits per heavy atom. The molecule has 2 aromatic carbocycles. The number of carbonyl (C=O) groups excluding carboxylic acids is 1. The van der Waals surface area contributed by atoms with E-state index in [9.17, 15) is 9.90 Å². The summed E-state index contributed by atoms with van der Waals surface area (Å²) in [5.41, 5.74) is 4.47. The molecule has 5 nitrogen and oxygen atoms in total. The number of hydrogen-bond acceptors (Lipinski definition) is 5. The van der Waals surface area contributed by atoms with E-state index < -0.39 is 97.2 Å². The van der Waals surface area contributed by atoms with Crippen LogP contribution < -0.4 is 11.1 Å². The van der Waals surface area contributed by atoms with Crippen LogP contribution in [-0.4, -0.2) is 16.0 Å². The Kier molecular flexibility index (Phi) is 3.64. The summed E-state index contributed by atoms with van der Waals surface area (Å²) in [7, 11) is 0. The molecule has 0 aliphatic heterocycles. The predicted octanol–water partition coefficient (Wildman–Crippen LogP) is 4.66. The maximum absolute atomic E-state index is 12.4. The van der Waals surface area contributed by atoms with E-state index in [1.807, 2.05) is 0 Å². The summed E-state index contributed by atoms with van der Waals surface area (Å²) in [5.74, 6) is -0.673. The molecule has 0 unspecified atom stereocenters. The number of hydrogen-bond donors (Lipinski definition) is 3. The van der Waals surface area contributed by atoms with Crippen LogP contribution in [0.25, 0.3) is 0 Å². The average molecular weight is 422 g/mol. The molecule has 0 radical (unpaired) electrons. The third kappa shape index (κ3) is 6.69. The molecule has 3 aromatic rings. The summed E-state index contributed by atoms with van der Waals surface area (Å²) in [6.07, 6.45) is -9.64. The third-order valence-corrected chi connectivity index (χ3v) is 4.34. The van der Waals surface area contributed by atoms with E-state index in [2.05, 4.69) is 10.3 Å². The molecule has 1 atom stereocenters. The molecule has 1 aromatic heterocycles. The van der Waals surface area contributed by atoms with E-state index >= 15 is 0 Å². The Bertz CT molecular complexity index is 1450. The van der Waals surface area contributed by atoms with Crippen LogP contribution in [0.1, 0.15) is 64.1 Å². The number of aliphatic hydroxyl groups is 1. The van der Waals surface area contributed by atoms with E-state index in [0.717, 1.165) is 11.3 Å². The molecule has 0 saturated heterocycles. The van der Waals surface area contributed by atoms with Crippen LogP contribution in [0.5, 0.6) is 0 Å². The number of amides is 1. The standard InChI is InChI=1S/C23H27N3O2S/c1-16-5-4-7-18(13-16)21(27)8-3-2-6-17-9-11-19(12-10-17)25-22(28)14-20-15-29-23(24)26-20/h4-5,7,9-13,15,21,27H,2-3,6,8,14H2,1H3,(H2,24,26)(H,25,28)/t21-/m0/s1/i2D2,4D,5D,7D,8D2,9D,10D,11D,12D,13D. The third-order valence-electron chi connectivity index (χ3n) is 3.62. The van der Waals surface area contributed by atoms with Crippen LogP contribution in [0, 0.1) is 6.92 Å². The number of nitrogens with one attached hydrogen (secondary N) is 1. The number of aliphatic hydroxyl groups excluding tert-OH is 1. The van der Waals surface area contributed by atoms with Crippen LogP contribution in [0.2, 0.25) is 0 Å². The van der Waals surface area contributed by atoms with Crippen molar-refractivity contribution in [1.82, 2.24) is 4.98 Å². The first-order chi connectivity index (χ1) is 18.8. The SMILES string of the molecule is [2H]c1c([2H])c(C)c([2H])c([C@@H](O)C([2H])([2H])CC([2H])([2H])Cc2c([2H])c([2H])c(NC(=O)Cc3csc(N)n3)c([2H])c2[2H])c1[2H]. The summed E-state index contributed by atoms with van der Waals surface area (Å²) in [5, 5.41) is 14.9. The van der Waals surface area contributed by atoms with Crippen molar-refractivity contribution in [2.45, 2.75) is 45.0 Å². The van der Waals surface area contributed by atoms with E-state index in [4.69, 9.17) is 22.2 Å². The second kappa shape index (κ2) is 10.2. The highest BCUT2D eigenvalue weighted by Gasteiger charge is 2.08. The topological polar surface area (TPSA) is 88.2 Å². The minimum Gasteiger partial charge on any atom is -0.388 e. The summed E-state index contributed by atoms with van der Waals surface area (Å²) in [6.45, 7) is 1.32. The smallest absolute Gasteiger partial charge is 0.230 e. The lowest BCUT2D eigenvalue weighted by molar-refractivity contribution is -0.115. The van der Waals surface area contributed by atoms with Gasteiger partial charge in [0.2, 0.25) is 5.91 Å². The van der Waals surface area contributed by atoms with Crippen LogP contribution >= 0.6 is 11.3 Å². The molecule has 1 heterocycles. The number of aromatic nitrogens is 1. The van der Waals surface area contributed by atoms with Crippen molar-refractivity contribution in [3.8, 4) is 0 Å². The van der Waals surface area contributed by atoms with Crippen LogP contribution in [0.4, 0.5) is 10.8 Å². The lowest BCUT2D eigenvalue weighted by Crippen LogP contribution is -2.14. The predicted molar refractivity (Wildman–Crippen MR) is 119 cm³/mol. The van der Waals surface area contributed by atoms with Gasteiger partial charge in [-0.3, -0.25) is 4.79 Å². The molecular weight excluding hydrogens is 382 g/mol. The number of nitrogen functional groups attached to an aromatic ring is 1. The van der Waals surface area contributed by atoms with Crippen LogP contribution in [0.15, 0.2) is 53.7 Å². The van der Waals surface area contributed by atoms with Gasteiger partial charge < -0.3 is 16.2 Å². The van der Waals surface area contributed by atoms with Crippen molar-refractivity contribution < 1.29 is 26.4 Å². The molecule has 6 heteroatoms. The quantitative estimate of drug-likeness (QED) is 0.469. The molecular formula is C23H27N3O2S. The Morgan fingerprint density at radius 1 is 1.34 bits per heavy atom. The van der Waals surface area contributed by atoms with Gasteiger partial charge in [0, 0.05) is 16.6 Å². The van der Waals surface area contributed by atoms with E-state index in [1.54, 1.807) is 5.38 Å². The Balaban J connectivity index is 1.88.